The second-order valence-corrected chi connectivity index (χ2v) is 7.85. The molecule has 146 valence electrons. The van der Waals surface area contributed by atoms with Crippen molar-refractivity contribution in [1.29, 1.82) is 0 Å². The fourth-order valence-corrected chi connectivity index (χ4v) is 3.03. The fraction of sp³-hybridized carbons (Fsp3) is 0.400. The number of benzene rings is 1. The summed E-state index contributed by atoms with van der Waals surface area (Å²) in [7, 11) is 1.58. The number of thiophene rings is 1. The number of carbonyl (C=O) groups excluding carboxylic acids is 2. The van der Waals surface area contributed by atoms with Crippen LogP contribution < -0.4 is 10.1 Å². The first kappa shape index (κ1) is 20.8. The highest BCUT2D eigenvalue weighted by atomic mass is 32.1. The molecule has 0 aliphatic carbocycles. The van der Waals surface area contributed by atoms with E-state index in [1.807, 2.05) is 16.8 Å². The van der Waals surface area contributed by atoms with Gasteiger partial charge in [0.25, 0.3) is 0 Å². The maximum absolute atomic E-state index is 12.7. The fourth-order valence-electron chi connectivity index (χ4n) is 2.34. The van der Waals surface area contributed by atoms with Crippen LogP contribution in [0.3, 0.4) is 0 Å². The quantitative estimate of drug-likeness (QED) is 0.700. The van der Waals surface area contributed by atoms with Crippen LogP contribution in [0, 0.1) is 5.92 Å². The average molecular weight is 391 g/mol. The molecule has 0 saturated carbocycles. The highest BCUT2D eigenvalue weighted by molar-refractivity contribution is 7.08. The van der Waals surface area contributed by atoms with E-state index >= 15 is 0 Å². The van der Waals surface area contributed by atoms with Crippen molar-refractivity contribution in [2.75, 3.05) is 12.4 Å². The molecular formula is C20H25NO5S. The Labute approximate surface area is 163 Å². The molecule has 1 amide bonds. The molecular weight excluding hydrogens is 366 g/mol. The van der Waals surface area contributed by atoms with Crippen LogP contribution in [0.4, 0.5) is 10.5 Å². The van der Waals surface area contributed by atoms with Crippen molar-refractivity contribution >= 4 is 29.1 Å². The first-order valence-electron chi connectivity index (χ1n) is 8.56. The second kappa shape index (κ2) is 8.90. The monoisotopic (exact) mass is 391 g/mol. The molecule has 0 radical (unpaired) electrons. The summed E-state index contributed by atoms with van der Waals surface area (Å²) in [5.74, 6) is -0.181. The highest BCUT2D eigenvalue weighted by Gasteiger charge is 2.31. The van der Waals surface area contributed by atoms with Crippen molar-refractivity contribution in [3.63, 3.8) is 0 Å². The Hall–Kier alpha value is -2.54. The Morgan fingerprint density at radius 1 is 1.11 bits per heavy atom. The molecule has 2 aromatic rings. The number of methoxy groups -OCH3 is 1. The van der Waals surface area contributed by atoms with Crippen LogP contribution in [0.25, 0.3) is 0 Å². The standard InChI is InChI=1S/C20H25NO5S/c1-13(18(22)21-15-6-8-16(24-5)9-7-15)17(14-10-11-27-12-14)25-19(23)26-20(2,3)4/h6-13,17H,1-5H3,(H,21,22)/t13-,17+/m0/s1. The van der Waals surface area contributed by atoms with Gasteiger partial charge in [-0.2, -0.15) is 11.3 Å². The SMILES string of the molecule is COc1ccc(NC(=O)[C@@H](C)[C@@H](OC(=O)OC(C)(C)C)c2ccsc2)cc1. The Bertz CT molecular complexity index is 750. The molecule has 0 bridgehead atoms. The Balaban J connectivity index is 2.11. The molecule has 0 saturated heterocycles. The lowest BCUT2D eigenvalue weighted by molar-refractivity contribution is -0.124. The minimum atomic E-state index is -0.803. The lowest BCUT2D eigenvalue weighted by atomic mass is 9.98. The third-order valence-corrected chi connectivity index (χ3v) is 4.41. The van der Waals surface area contributed by atoms with Crippen LogP contribution >= 0.6 is 11.3 Å². The largest absolute Gasteiger partial charge is 0.509 e. The molecule has 0 aliphatic heterocycles. The van der Waals surface area contributed by atoms with Gasteiger partial charge in [-0.1, -0.05) is 0 Å². The summed E-state index contributed by atoms with van der Waals surface area (Å²) in [5.41, 5.74) is 0.711. The van der Waals surface area contributed by atoms with Crippen LogP contribution in [0.5, 0.6) is 5.75 Å². The van der Waals surface area contributed by atoms with E-state index in [-0.39, 0.29) is 5.91 Å². The van der Waals surface area contributed by atoms with E-state index in [9.17, 15) is 9.59 Å². The second-order valence-electron chi connectivity index (χ2n) is 7.07. The maximum Gasteiger partial charge on any atom is 0.509 e. The van der Waals surface area contributed by atoms with Crippen LogP contribution in [0.2, 0.25) is 0 Å². The number of amides is 1. The van der Waals surface area contributed by atoms with Gasteiger partial charge in [-0.15, -0.1) is 0 Å². The molecule has 0 unspecified atom stereocenters. The molecule has 1 aromatic carbocycles. The summed E-state index contributed by atoms with van der Waals surface area (Å²) in [5, 5.41) is 6.56. The third-order valence-electron chi connectivity index (χ3n) is 3.71. The van der Waals surface area contributed by atoms with Crippen molar-refractivity contribution < 1.29 is 23.8 Å². The van der Waals surface area contributed by atoms with Crippen LogP contribution in [0.15, 0.2) is 41.1 Å². The molecule has 1 N–H and O–H groups in total. The highest BCUT2D eigenvalue weighted by Crippen LogP contribution is 2.30. The number of hydrogen-bond acceptors (Lipinski definition) is 6. The molecule has 0 spiro atoms. The summed E-state index contributed by atoms with van der Waals surface area (Å²) in [6.07, 6.45) is -1.55. The molecule has 7 heteroatoms. The van der Waals surface area contributed by atoms with Gasteiger partial charge in [0.05, 0.1) is 13.0 Å². The number of nitrogens with one attached hydrogen (secondary N) is 1. The van der Waals surface area contributed by atoms with Gasteiger partial charge in [-0.3, -0.25) is 4.79 Å². The van der Waals surface area contributed by atoms with E-state index in [1.54, 1.807) is 59.1 Å². The van der Waals surface area contributed by atoms with Gasteiger partial charge in [-0.25, -0.2) is 4.79 Å². The van der Waals surface area contributed by atoms with E-state index in [0.717, 1.165) is 5.56 Å². The molecule has 0 fully saturated rings. The third kappa shape index (κ3) is 6.29. The smallest absolute Gasteiger partial charge is 0.497 e. The van der Waals surface area contributed by atoms with E-state index in [1.165, 1.54) is 11.3 Å². The Morgan fingerprint density at radius 2 is 1.78 bits per heavy atom. The molecule has 2 atom stereocenters. The zero-order valence-corrected chi connectivity index (χ0v) is 17.0. The lowest BCUT2D eigenvalue weighted by Crippen LogP contribution is -2.31. The van der Waals surface area contributed by atoms with Gasteiger partial charge in [0.15, 0.2) is 0 Å². The minimum Gasteiger partial charge on any atom is -0.497 e. The molecule has 27 heavy (non-hydrogen) atoms. The summed E-state index contributed by atoms with van der Waals surface area (Å²) in [6.45, 7) is 6.99. The summed E-state index contributed by atoms with van der Waals surface area (Å²) in [6, 6.07) is 8.84. The van der Waals surface area contributed by atoms with Gasteiger partial charge >= 0.3 is 6.16 Å². The topological polar surface area (TPSA) is 73.9 Å². The summed E-state index contributed by atoms with van der Waals surface area (Å²) < 4.78 is 15.8. The molecule has 1 aromatic heterocycles. The van der Waals surface area contributed by atoms with Crippen molar-refractivity contribution in [2.45, 2.75) is 39.4 Å². The molecule has 1 heterocycles. The predicted molar refractivity (Wildman–Crippen MR) is 105 cm³/mol. The van der Waals surface area contributed by atoms with Gasteiger partial charge in [-0.05, 0) is 68.8 Å². The van der Waals surface area contributed by atoms with E-state index in [2.05, 4.69) is 5.32 Å². The first-order valence-corrected chi connectivity index (χ1v) is 9.50. The van der Waals surface area contributed by atoms with E-state index in [0.29, 0.717) is 11.4 Å². The number of hydrogen-bond donors (Lipinski definition) is 1. The van der Waals surface area contributed by atoms with Crippen LogP contribution in [-0.2, 0) is 14.3 Å². The zero-order valence-electron chi connectivity index (χ0n) is 16.1. The van der Waals surface area contributed by atoms with E-state index in [4.69, 9.17) is 14.2 Å². The molecule has 6 nitrogen and oxygen atoms in total. The Morgan fingerprint density at radius 3 is 2.30 bits per heavy atom. The lowest BCUT2D eigenvalue weighted by Gasteiger charge is -2.25. The van der Waals surface area contributed by atoms with Gasteiger partial charge < -0.3 is 19.5 Å². The average Bonchev–Trinajstić information content (AvgIpc) is 3.12. The minimum absolute atomic E-state index is 0.264. The summed E-state index contributed by atoms with van der Waals surface area (Å²) >= 11 is 1.47. The summed E-state index contributed by atoms with van der Waals surface area (Å²) in [4.78, 5) is 24.8. The van der Waals surface area contributed by atoms with Crippen molar-refractivity contribution in [3.8, 4) is 5.75 Å². The first-order chi connectivity index (χ1) is 12.7. The van der Waals surface area contributed by atoms with Gasteiger partial charge in [0.1, 0.15) is 17.5 Å². The van der Waals surface area contributed by atoms with E-state index < -0.39 is 23.8 Å². The van der Waals surface area contributed by atoms with Crippen molar-refractivity contribution in [1.82, 2.24) is 0 Å². The van der Waals surface area contributed by atoms with Gasteiger partial charge in [0, 0.05) is 11.3 Å². The van der Waals surface area contributed by atoms with Crippen molar-refractivity contribution in [3.05, 3.63) is 46.7 Å². The molecule has 0 aliphatic rings. The predicted octanol–water partition coefficient (Wildman–Crippen LogP) is 5.02. The number of anilines is 1. The van der Waals surface area contributed by atoms with Crippen molar-refractivity contribution in [2.24, 2.45) is 5.92 Å². The normalized spacial score (nSPS) is 13.4. The number of ether oxygens (including phenoxy) is 3. The number of carbonyl (C=O) groups is 2. The van der Waals surface area contributed by atoms with Gasteiger partial charge in [0.2, 0.25) is 5.91 Å². The number of rotatable bonds is 6. The zero-order chi connectivity index (χ0) is 20.0. The maximum atomic E-state index is 12.7. The van der Waals surface area contributed by atoms with Crippen LogP contribution in [0.1, 0.15) is 39.4 Å². The molecule has 2 rings (SSSR count). The Kier molecular flexibility index (Phi) is 6.85. The van der Waals surface area contributed by atoms with Crippen LogP contribution in [-0.4, -0.2) is 24.8 Å².